The Morgan fingerprint density at radius 1 is 1.12 bits per heavy atom. The molecule has 0 spiro atoms. The number of imidazole rings is 1. The van der Waals surface area contributed by atoms with Gasteiger partial charge in [0, 0.05) is 10.6 Å². The van der Waals surface area contributed by atoms with Gasteiger partial charge in [-0.05, 0) is 42.3 Å². The number of benzene rings is 2. The molecule has 10 heteroatoms. The minimum absolute atomic E-state index is 0.253. The molecule has 0 N–H and O–H groups in total. The second kappa shape index (κ2) is 10.6. The van der Waals surface area contributed by atoms with Gasteiger partial charge in [-0.2, -0.15) is 0 Å². The first-order valence-electron chi connectivity index (χ1n) is 10.5. The lowest BCUT2D eigenvalue weighted by Gasteiger charge is -2.13. The first kappa shape index (κ1) is 24.3. The normalized spacial score (nSPS) is 12.0. The van der Waals surface area contributed by atoms with E-state index < -0.39 is 0 Å². The standard InChI is InChI=1S/C24H21Cl3N4O3/c1-14(24(32)33-2)8-9-34-17-6-7-18(19(26)11-17)22-30-20-21(27)28-13-29-23(20)31(22)12-15-4-3-5-16(25)10-15/h3-7,10-11,13-14H,8-9,12H2,1-2H3. The maximum atomic E-state index is 11.6. The molecule has 0 saturated heterocycles. The monoisotopic (exact) mass is 518 g/mol. The van der Waals surface area contributed by atoms with Crippen LogP contribution in [0.3, 0.4) is 0 Å². The summed E-state index contributed by atoms with van der Waals surface area (Å²) in [6.45, 7) is 2.61. The van der Waals surface area contributed by atoms with Gasteiger partial charge < -0.3 is 14.0 Å². The van der Waals surface area contributed by atoms with Gasteiger partial charge in [0.2, 0.25) is 0 Å². The molecule has 0 aliphatic rings. The van der Waals surface area contributed by atoms with Crippen LogP contribution in [0.1, 0.15) is 18.9 Å². The van der Waals surface area contributed by atoms with Crippen molar-refractivity contribution in [1.82, 2.24) is 19.5 Å². The first-order chi connectivity index (χ1) is 16.4. The summed E-state index contributed by atoms with van der Waals surface area (Å²) in [4.78, 5) is 24.7. The molecule has 4 rings (SSSR count). The van der Waals surface area contributed by atoms with Gasteiger partial charge >= 0.3 is 5.97 Å². The maximum absolute atomic E-state index is 11.6. The Hall–Kier alpha value is -2.87. The quantitative estimate of drug-likeness (QED) is 0.207. The van der Waals surface area contributed by atoms with E-state index in [1.165, 1.54) is 13.4 Å². The van der Waals surface area contributed by atoms with Crippen molar-refractivity contribution in [3.63, 3.8) is 0 Å². The zero-order valence-electron chi connectivity index (χ0n) is 18.5. The lowest BCUT2D eigenvalue weighted by molar-refractivity contribution is -0.145. The molecule has 0 radical (unpaired) electrons. The minimum Gasteiger partial charge on any atom is -0.494 e. The third-order valence-electron chi connectivity index (χ3n) is 5.32. The number of carbonyl (C=O) groups excluding carboxylic acids is 1. The van der Waals surface area contributed by atoms with Crippen molar-refractivity contribution < 1.29 is 14.3 Å². The molecule has 34 heavy (non-hydrogen) atoms. The fourth-order valence-corrected chi connectivity index (χ4v) is 4.16. The van der Waals surface area contributed by atoms with Crippen LogP contribution in [0.4, 0.5) is 0 Å². The largest absolute Gasteiger partial charge is 0.494 e. The van der Waals surface area contributed by atoms with E-state index in [1.54, 1.807) is 19.1 Å². The molecule has 0 saturated carbocycles. The Labute approximate surface area is 211 Å². The molecular weight excluding hydrogens is 499 g/mol. The summed E-state index contributed by atoms with van der Waals surface area (Å²) in [6, 6.07) is 12.9. The van der Waals surface area contributed by atoms with Gasteiger partial charge in [-0.25, -0.2) is 15.0 Å². The zero-order chi connectivity index (χ0) is 24.2. The Morgan fingerprint density at radius 3 is 2.68 bits per heavy atom. The van der Waals surface area contributed by atoms with Crippen LogP contribution in [-0.4, -0.2) is 39.2 Å². The Bertz CT molecular complexity index is 1340. The Kier molecular flexibility index (Phi) is 7.56. The molecule has 0 aliphatic carbocycles. The SMILES string of the molecule is COC(=O)C(C)CCOc1ccc(-c2nc3c(Cl)ncnc3n2Cc2cccc(Cl)c2)c(Cl)c1. The summed E-state index contributed by atoms with van der Waals surface area (Å²) >= 11 is 19.1. The highest BCUT2D eigenvalue weighted by Gasteiger charge is 2.19. The van der Waals surface area contributed by atoms with E-state index >= 15 is 0 Å². The highest BCUT2D eigenvalue weighted by molar-refractivity contribution is 6.34. The van der Waals surface area contributed by atoms with Crippen LogP contribution in [-0.2, 0) is 16.1 Å². The van der Waals surface area contributed by atoms with Crippen molar-refractivity contribution in [2.24, 2.45) is 5.92 Å². The fourth-order valence-electron chi connectivity index (χ4n) is 3.52. The van der Waals surface area contributed by atoms with E-state index in [0.29, 0.717) is 57.9 Å². The van der Waals surface area contributed by atoms with Crippen LogP contribution < -0.4 is 4.74 Å². The number of rotatable bonds is 8. The number of fused-ring (bicyclic) bond motifs is 1. The van der Waals surface area contributed by atoms with Gasteiger partial charge in [-0.3, -0.25) is 4.79 Å². The molecule has 2 aromatic heterocycles. The van der Waals surface area contributed by atoms with E-state index in [-0.39, 0.29) is 17.0 Å². The summed E-state index contributed by atoms with van der Waals surface area (Å²) in [5.74, 6) is 0.656. The topological polar surface area (TPSA) is 79.1 Å². The first-order valence-corrected chi connectivity index (χ1v) is 11.6. The molecule has 0 aliphatic heterocycles. The van der Waals surface area contributed by atoms with Crippen LogP contribution in [0, 0.1) is 5.92 Å². The summed E-state index contributed by atoms with van der Waals surface area (Å²) < 4.78 is 12.4. The summed E-state index contributed by atoms with van der Waals surface area (Å²) in [5.41, 5.74) is 2.73. The lowest BCUT2D eigenvalue weighted by atomic mass is 10.1. The van der Waals surface area contributed by atoms with Gasteiger partial charge in [0.15, 0.2) is 10.8 Å². The molecule has 2 heterocycles. The number of methoxy groups -OCH3 is 1. The molecule has 0 amide bonds. The van der Waals surface area contributed by atoms with Gasteiger partial charge in [-0.15, -0.1) is 0 Å². The number of halogens is 3. The molecule has 2 aromatic carbocycles. The highest BCUT2D eigenvalue weighted by Crippen LogP contribution is 2.34. The van der Waals surface area contributed by atoms with E-state index in [9.17, 15) is 4.79 Å². The molecule has 176 valence electrons. The van der Waals surface area contributed by atoms with Crippen LogP contribution in [0.5, 0.6) is 5.75 Å². The van der Waals surface area contributed by atoms with Crippen molar-refractivity contribution in [3.8, 4) is 17.1 Å². The molecule has 1 unspecified atom stereocenters. The lowest BCUT2D eigenvalue weighted by Crippen LogP contribution is -2.15. The molecular formula is C24H21Cl3N4O3. The number of nitrogens with zero attached hydrogens (tertiary/aromatic N) is 4. The number of ether oxygens (including phenoxy) is 2. The smallest absolute Gasteiger partial charge is 0.308 e. The minimum atomic E-state index is -0.266. The maximum Gasteiger partial charge on any atom is 0.308 e. The Morgan fingerprint density at radius 2 is 1.94 bits per heavy atom. The van der Waals surface area contributed by atoms with Crippen LogP contribution in [0.25, 0.3) is 22.6 Å². The van der Waals surface area contributed by atoms with Gasteiger partial charge in [0.1, 0.15) is 23.4 Å². The molecule has 4 aromatic rings. The van der Waals surface area contributed by atoms with E-state index in [2.05, 4.69) is 9.97 Å². The zero-order valence-corrected chi connectivity index (χ0v) is 20.7. The number of esters is 1. The molecule has 0 fully saturated rings. The van der Waals surface area contributed by atoms with Crippen LogP contribution >= 0.6 is 34.8 Å². The third kappa shape index (κ3) is 5.27. The van der Waals surface area contributed by atoms with Crippen molar-refractivity contribution in [2.75, 3.05) is 13.7 Å². The second-order valence-electron chi connectivity index (χ2n) is 7.69. The summed E-state index contributed by atoms with van der Waals surface area (Å²) in [6.07, 6.45) is 1.93. The number of hydrogen-bond acceptors (Lipinski definition) is 6. The van der Waals surface area contributed by atoms with E-state index in [4.69, 9.17) is 49.3 Å². The van der Waals surface area contributed by atoms with Crippen molar-refractivity contribution in [1.29, 1.82) is 0 Å². The average Bonchev–Trinajstić information content (AvgIpc) is 3.18. The average molecular weight is 520 g/mol. The molecule has 7 nitrogen and oxygen atoms in total. The number of carbonyl (C=O) groups is 1. The van der Waals surface area contributed by atoms with E-state index in [1.807, 2.05) is 34.9 Å². The highest BCUT2D eigenvalue weighted by atomic mass is 35.5. The third-order valence-corrected chi connectivity index (χ3v) is 6.15. The summed E-state index contributed by atoms with van der Waals surface area (Å²) in [7, 11) is 1.37. The fraction of sp³-hybridized carbons (Fsp3) is 0.250. The number of aromatic nitrogens is 4. The van der Waals surface area contributed by atoms with Crippen LogP contribution in [0.2, 0.25) is 15.2 Å². The van der Waals surface area contributed by atoms with Gasteiger partial charge in [0.05, 0.1) is 31.2 Å². The molecule has 0 bridgehead atoms. The van der Waals surface area contributed by atoms with Crippen LogP contribution in [0.15, 0.2) is 48.8 Å². The predicted molar refractivity (Wildman–Crippen MR) is 133 cm³/mol. The number of hydrogen-bond donors (Lipinski definition) is 0. The van der Waals surface area contributed by atoms with Crippen molar-refractivity contribution >= 4 is 51.9 Å². The van der Waals surface area contributed by atoms with Crippen molar-refractivity contribution in [2.45, 2.75) is 19.9 Å². The van der Waals surface area contributed by atoms with Crippen molar-refractivity contribution in [3.05, 3.63) is 69.6 Å². The summed E-state index contributed by atoms with van der Waals surface area (Å²) in [5, 5.41) is 1.34. The van der Waals surface area contributed by atoms with Gasteiger partial charge in [0.25, 0.3) is 0 Å². The van der Waals surface area contributed by atoms with E-state index in [0.717, 1.165) is 5.56 Å². The predicted octanol–water partition coefficient (Wildman–Crippen LogP) is 6.08. The Balaban J connectivity index is 1.65. The van der Waals surface area contributed by atoms with Gasteiger partial charge in [-0.1, -0.05) is 53.9 Å². The molecule has 1 atom stereocenters. The second-order valence-corrected chi connectivity index (χ2v) is 8.89.